The van der Waals surface area contributed by atoms with Gasteiger partial charge in [-0.2, -0.15) is 0 Å². The van der Waals surface area contributed by atoms with Crippen LogP contribution in [0.15, 0.2) is 48.5 Å². The lowest BCUT2D eigenvalue weighted by molar-refractivity contribution is -0.697. The van der Waals surface area contributed by atoms with Crippen LogP contribution >= 0.6 is 0 Å². The van der Waals surface area contributed by atoms with Crippen LogP contribution in [-0.4, -0.2) is 18.0 Å². The molecule has 0 unspecified atom stereocenters. The van der Waals surface area contributed by atoms with Crippen molar-refractivity contribution in [3.63, 3.8) is 0 Å². The third kappa shape index (κ3) is 15.1. The maximum atomic E-state index is 2.56. The first-order valence-electron chi connectivity index (χ1n) is 17.0. The summed E-state index contributed by atoms with van der Waals surface area (Å²) in [6.07, 6.45) is 45.6. The molecule has 0 aliphatic carbocycles. The second kappa shape index (κ2) is 21.3. The standard InChI is InChI=1S/C36H61N2/c1-2-5-9-13-17-21-29-37-31-24-28-36(34-37)26-20-16-12-8-4-6-10-14-18-22-30-38-32-23-27-35(33-38)25-19-15-11-7-3-1/h23-24,27-28,32-34H,1-22,25-26,29-31H2/q+1. The minimum Gasteiger partial charge on any atom is -0.373 e. The number of aryl methyl sites for hydroxylation is 2. The van der Waals surface area contributed by atoms with Crippen molar-refractivity contribution in [3.8, 4) is 0 Å². The average Bonchev–Trinajstić information content (AvgIpc) is 2.94. The molecule has 2 aliphatic rings. The van der Waals surface area contributed by atoms with Crippen LogP contribution in [0.25, 0.3) is 0 Å². The van der Waals surface area contributed by atoms with E-state index in [0.29, 0.717) is 0 Å². The molecule has 4 bridgehead atoms. The molecular formula is C36H61N2+. The van der Waals surface area contributed by atoms with Gasteiger partial charge in [0.1, 0.15) is 6.54 Å². The Labute approximate surface area is 237 Å². The van der Waals surface area contributed by atoms with Crippen LogP contribution in [0.3, 0.4) is 0 Å². The van der Waals surface area contributed by atoms with Crippen molar-refractivity contribution in [2.75, 3.05) is 13.1 Å². The molecule has 0 N–H and O–H groups in total. The highest BCUT2D eigenvalue weighted by atomic mass is 15.1. The molecule has 0 amide bonds. The van der Waals surface area contributed by atoms with Gasteiger partial charge >= 0.3 is 0 Å². The van der Waals surface area contributed by atoms with Crippen molar-refractivity contribution >= 4 is 0 Å². The van der Waals surface area contributed by atoms with Gasteiger partial charge in [-0.1, -0.05) is 121 Å². The van der Waals surface area contributed by atoms with Crippen molar-refractivity contribution < 1.29 is 4.57 Å². The van der Waals surface area contributed by atoms with Crippen molar-refractivity contribution in [1.29, 1.82) is 0 Å². The summed E-state index contributed by atoms with van der Waals surface area (Å²) in [5.41, 5.74) is 3.10. The predicted molar refractivity (Wildman–Crippen MR) is 165 cm³/mol. The molecule has 0 saturated carbocycles. The molecule has 0 radical (unpaired) electrons. The minimum atomic E-state index is 1.12. The topological polar surface area (TPSA) is 7.12 Å². The lowest BCUT2D eigenvalue weighted by Crippen LogP contribution is -2.33. The number of hydrogen-bond acceptors (Lipinski definition) is 1. The molecule has 0 spiro atoms. The normalized spacial score (nSPS) is 22.0. The number of allylic oxidation sites excluding steroid dienone is 2. The third-order valence-electron chi connectivity index (χ3n) is 8.73. The Morgan fingerprint density at radius 1 is 0.553 bits per heavy atom. The quantitative estimate of drug-likeness (QED) is 0.308. The summed E-state index contributed by atoms with van der Waals surface area (Å²) in [4.78, 5) is 2.56. The Kier molecular flexibility index (Phi) is 17.3. The number of hydrogen-bond donors (Lipinski definition) is 0. The van der Waals surface area contributed by atoms with Crippen LogP contribution in [0.1, 0.15) is 153 Å². The van der Waals surface area contributed by atoms with E-state index in [-0.39, 0.29) is 0 Å². The van der Waals surface area contributed by atoms with Crippen molar-refractivity contribution in [2.45, 2.75) is 161 Å². The van der Waals surface area contributed by atoms with Crippen LogP contribution in [0.2, 0.25) is 0 Å². The molecule has 0 aromatic carbocycles. The van der Waals surface area contributed by atoms with E-state index in [0.717, 1.165) is 6.54 Å². The molecule has 1 aromatic rings. The largest absolute Gasteiger partial charge is 0.373 e. The van der Waals surface area contributed by atoms with Gasteiger partial charge in [-0.05, 0) is 50.2 Å². The predicted octanol–water partition coefficient (Wildman–Crippen LogP) is 10.3. The molecule has 1 aromatic heterocycles. The maximum absolute atomic E-state index is 2.56. The zero-order chi connectivity index (χ0) is 26.4. The Morgan fingerprint density at radius 2 is 1.08 bits per heavy atom. The van der Waals surface area contributed by atoms with E-state index in [9.17, 15) is 0 Å². The molecule has 2 aliphatic heterocycles. The molecular weight excluding hydrogens is 460 g/mol. The van der Waals surface area contributed by atoms with Crippen LogP contribution < -0.4 is 4.57 Å². The molecule has 0 fully saturated rings. The van der Waals surface area contributed by atoms with E-state index in [2.05, 4.69) is 52.3 Å². The lowest BCUT2D eigenvalue weighted by Gasteiger charge is -2.23. The van der Waals surface area contributed by atoms with Crippen molar-refractivity contribution in [3.05, 3.63) is 54.0 Å². The molecule has 38 heavy (non-hydrogen) atoms. The molecule has 2 heteroatoms. The number of nitrogens with zero attached hydrogens (tertiary/aromatic N) is 2. The second-order valence-electron chi connectivity index (χ2n) is 12.3. The van der Waals surface area contributed by atoms with Crippen LogP contribution in [0.4, 0.5) is 0 Å². The third-order valence-corrected chi connectivity index (χ3v) is 8.73. The van der Waals surface area contributed by atoms with Gasteiger partial charge in [0, 0.05) is 37.3 Å². The second-order valence-corrected chi connectivity index (χ2v) is 12.3. The summed E-state index contributed by atoms with van der Waals surface area (Å²) in [5.74, 6) is 0. The van der Waals surface area contributed by atoms with Crippen LogP contribution in [0.5, 0.6) is 0 Å². The summed E-state index contributed by atoms with van der Waals surface area (Å²) in [6.45, 7) is 3.56. The van der Waals surface area contributed by atoms with Crippen LogP contribution in [-0.2, 0) is 13.0 Å². The highest BCUT2D eigenvalue weighted by molar-refractivity contribution is 5.22. The van der Waals surface area contributed by atoms with Gasteiger partial charge in [-0.15, -0.1) is 0 Å². The summed E-state index contributed by atoms with van der Waals surface area (Å²) in [6, 6.07) is 4.60. The average molecular weight is 522 g/mol. The van der Waals surface area contributed by atoms with Crippen molar-refractivity contribution in [1.82, 2.24) is 4.90 Å². The first kappa shape index (κ1) is 31.0. The van der Waals surface area contributed by atoms with E-state index >= 15 is 0 Å². The SMILES string of the molecule is C1=CC2=CN(C1)CCCCCCCCCCCCCCc1ccc[n+](c1)CCCCCCCCCCCC2. The van der Waals surface area contributed by atoms with Gasteiger partial charge in [-0.3, -0.25) is 0 Å². The van der Waals surface area contributed by atoms with Gasteiger partial charge in [0.2, 0.25) is 0 Å². The molecule has 0 saturated heterocycles. The van der Waals surface area contributed by atoms with Gasteiger partial charge in [0.05, 0.1) is 0 Å². The fraction of sp³-hybridized carbons (Fsp3) is 0.750. The molecule has 3 rings (SSSR count). The smallest absolute Gasteiger partial charge is 0.171 e. The van der Waals surface area contributed by atoms with Gasteiger partial charge in [0.15, 0.2) is 12.4 Å². The zero-order valence-electron chi connectivity index (χ0n) is 25.0. The Morgan fingerprint density at radius 3 is 1.71 bits per heavy atom. The fourth-order valence-corrected chi connectivity index (χ4v) is 6.29. The zero-order valence-corrected chi connectivity index (χ0v) is 25.0. The lowest BCUT2D eigenvalue weighted by atomic mass is 10.0. The molecule has 2 nitrogen and oxygen atoms in total. The maximum Gasteiger partial charge on any atom is 0.171 e. The van der Waals surface area contributed by atoms with Crippen molar-refractivity contribution in [2.24, 2.45) is 0 Å². The minimum absolute atomic E-state index is 1.12. The van der Waals surface area contributed by atoms with E-state index in [4.69, 9.17) is 0 Å². The summed E-state index contributed by atoms with van der Waals surface area (Å²) in [5, 5.41) is 0. The van der Waals surface area contributed by atoms with Gasteiger partial charge in [-0.25, -0.2) is 4.57 Å². The summed E-state index contributed by atoms with van der Waals surface area (Å²) in [7, 11) is 0. The highest BCUT2D eigenvalue weighted by Gasteiger charge is 2.06. The number of fused-ring (bicyclic) bond motifs is 3. The number of aromatic nitrogens is 1. The Hall–Kier alpha value is -1.57. The van der Waals surface area contributed by atoms with E-state index < -0.39 is 0 Å². The monoisotopic (exact) mass is 521 g/mol. The summed E-state index contributed by atoms with van der Waals surface area (Å²) >= 11 is 0. The summed E-state index contributed by atoms with van der Waals surface area (Å²) < 4.78 is 2.44. The first-order chi connectivity index (χ1) is 18.9. The van der Waals surface area contributed by atoms with Crippen LogP contribution in [0, 0.1) is 0 Å². The van der Waals surface area contributed by atoms with E-state index in [1.54, 1.807) is 5.57 Å². The Balaban J connectivity index is 1.33. The highest BCUT2D eigenvalue weighted by Crippen LogP contribution is 2.18. The molecule has 3 heterocycles. The molecule has 0 atom stereocenters. The Bertz CT molecular complexity index is 764. The number of rotatable bonds is 0. The number of pyridine rings is 1. The van der Waals surface area contributed by atoms with E-state index in [1.165, 1.54) is 173 Å². The van der Waals surface area contributed by atoms with Gasteiger partial charge < -0.3 is 4.90 Å². The first-order valence-corrected chi connectivity index (χ1v) is 17.0. The molecule has 214 valence electrons. The van der Waals surface area contributed by atoms with E-state index in [1.807, 2.05) is 0 Å². The fourth-order valence-electron chi connectivity index (χ4n) is 6.29. The van der Waals surface area contributed by atoms with Gasteiger partial charge in [0.25, 0.3) is 0 Å².